The molecule has 0 radical (unpaired) electrons. The van der Waals surface area contributed by atoms with Crippen molar-refractivity contribution >= 4 is 0 Å². The average molecular weight is 496 g/mol. The molecule has 1 aliphatic rings. The Bertz CT molecular complexity index is 1120. The number of benzene rings is 2. The van der Waals surface area contributed by atoms with Gasteiger partial charge in [-0.25, -0.2) is 4.98 Å². The van der Waals surface area contributed by atoms with Crippen LogP contribution in [0, 0.1) is 13.8 Å². The van der Waals surface area contributed by atoms with Gasteiger partial charge in [0.15, 0.2) is 11.5 Å². The summed E-state index contributed by atoms with van der Waals surface area (Å²) in [6.07, 6.45) is 4.67. The van der Waals surface area contributed by atoms with Crippen molar-refractivity contribution in [3.63, 3.8) is 0 Å². The third-order valence-electron chi connectivity index (χ3n) is 6.30. The summed E-state index contributed by atoms with van der Waals surface area (Å²) >= 11 is 0. The molecule has 1 atom stereocenters. The molecule has 194 valence electrons. The second kappa shape index (κ2) is 12.3. The number of imidazole rings is 1. The molecule has 1 unspecified atom stereocenters. The van der Waals surface area contributed by atoms with Crippen LogP contribution >= 0.6 is 0 Å². The van der Waals surface area contributed by atoms with E-state index in [0.29, 0.717) is 32.1 Å². The maximum atomic E-state index is 11.2. The number of nitrogens with zero attached hydrogens (tertiary/aromatic N) is 3. The normalized spacial score (nSPS) is 18.6. The summed E-state index contributed by atoms with van der Waals surface area (Å²) in [7, 11) is 1.65. The molecular weight excluding hydrogens is 458 g/mol. The largest absolute Gasteiger partial charge is 0.493 e. The molecule has 36 heavy (non-hydrogen) atoms. The van der Waals surface area contributed by atoms with Crippen LogP contribution in [0.15, 0.2) is 54.9 Å². The van der Waals surface area contributed by atoms with Gasteiger partial charge in [-0.2, -0.15) is 0 Å². The van der Waals surface area contributed by atoms with E-state index in [0.717, 1.165) is 48.0 Å². The number of ether oxygens (including phenoxy) is 4. The average Bonchev–Trinajstić information content (AvgIpc) is 3.18. The summed E-state index contributed by atoms with van der Waals surface area (Å²) < 4.78 is 25.4. The van der Waals surface area contributed by atoms with E-state index in [-0.39, 0.29) is 13.2 Å². The van der Waals surface area contributed by atoms with Crippen molar-refractivity contribution in [3.05, 3.63) is 71.8 Å². The standard InChI is InChI=1S/C28H37N3O5/c1-22-6-4-7-25(16-22)36-21-28(32)19-30(13-15-34-20-28)18-24-8-9-26(27(17-24)33-3)35-14-5-11-31-12-10-29-23(31)2/h4,6-10,12,16-17,32H,5,11,13-15,18-21H2,1-3H3. The van der Waals surface area contributed by atoms with Crippen LogP contribution in [0.5, 0.6) is 17.2 Å². The first kappa shape index (κ1) is 26.0. The number of aliphatic hydroxyl groups is 1. The first-order valence-corrected chi connectivity index (χ1v) is 12.4. The van der Waals surface area contributed by atoms with E-state index in [1.165, 1.54) is 0 Å². The lowest BCUT2D eigenvalue weighted by atomic mass is 10.1. The summed E-state index contributed by atoms with van der Waals surface area (Å²) in [6, 6.07) is 13.8. The maximum absolute atomic E-state index is 11.2. The van der Waals surface area contributed by atoms with Gasteiger partial charge in [-0.05, 0) is 55.7 Å². The van der Waals surface area contributed by atoms with E-state index >= 15 is 0 Å². The second-order valence-corrected chi connectivity index (χ2v) is 9.45. The quantitative estimate of drug-likeness (QED) is 0.407. The molecule has 1 fully saturated rings. The van der Waals surface area contributed by atoms with Crippen molar-refractivity contribution in [2.24, 2.45) is 0 Å². The Hall–Kier alpha value is -3.07. The van der Waals surface area contributed by atoms with E-state index in [2.05, 4.69) is 14.5 Å². The Morgan fingerprint density at radius 3 is 2.78 bits per heavy atom. The number of aryl methyl sites for hydroxylation is 3. The number of methoxy groups -OCH3 is 1. The summed E-state index contributed by atoms with van der Waals surface area (Å²) in [5, 5.41) is 11.2. The predicted octanol–water partition coefficient (Wildman–Crippen LogP) is 3.62. The van der Waals surface area contributed by atoms with Gasteiger partial charge in [0.2, 0.25) is 0 Å². The number of β-amino-alcohol motifs (C(OH)–C–C–N with tert-alkyl or cyclic N) is 1. The van der Waals surface area contributed by atoms with Crippen LogP contribution in [0.1, 0.15) is 23.4 Å². The van der Waals surface area contributed by atoms with Crippen molar-refractivity contribution in [1.29, 1.82) is 0 Å². The highest BCUT2D eigenvalue weighted by Crippen LogP contribution is 2.29. The SMILES string of the molecule is COc1cc(CN2CCOCC(O)(COc3cccc(C)c3)C2)ccc1OCCCn1ccnc1C. The van der Waals surface area contributed by atoms with Crippen LogP contribution in [0.25, 0.3) is 0 Å². The van der Waals surface area contributed by atoms with Gasteiger partial charge in [-0.15, -0.1) is 0 Å². The summed E-state index contributed by atoms with van der Waals surface area (Å²) in [6.45, 7) is 8.26. The monoisotopic (exact) mass is 495 g/mol. The zero-order valence-electron chi connectivity index (χ0n) is 21.5. The minimum Gasteiger partial charge on any atom is -0.493 e. The van der Waals surface area contributed by atoms with E-state index < -0.39 is 5.60 Å². The molecule has 2 aromatic carbocycles. The minimum atomic E-state index is -1.10. The first-order chi connectivity index (χ1) is 17.4. The van der Waals surface area contributed by atoms with Gasteiger partial charge in [-0.3, -0.25) is 4.90 Å². The number of hydrogen-bond acceptors (Lipinski definition) is 7. The van der Waals surface area contributed by atoms with E-state index in [1.807, 2.05) is 68.7 Å². The highest BCUT2D eigenvalue weighted by molar-refractivity contribution is 5.43. The molecule has 1 N–H and O–H groups in total. The zero-order valence-corrected chi connectivity index (χ0v) is 21.5. The van der Waals surface area contributed by atoms with Crippen LogP contribution in [-0.4, -0.2) is 71.8 Å². The van der Waals surface area contributed by atoms with E-state index in [4.69, 9.17) is 18.9 Å². The zero-order chi connectivity index (χ0) is 25.4. The van der Waals surface area contributed by atoms with Crippen LogP contribution in [-0.2, 0) is 17.8 Å². The molecule has 2 heterocycles. The van der Waals surface area contributed by atoms with Gasteiger partial charge in [0, 0.05) is 38.6 Å². The highest BCUT2D eigenvalue weighted by Gasteiger charge is 2.33. The third-order valence-corrected chi connectivity index (χ3v) is 6.30. The van der Waals surface area contributed by atoms with Crippen LogP contribution < -0.4 is 14.2 Å². The Labute approximate surface area is 213 Å². The van der Waals surface area contributed by atoms with Gasteiger partial charge in [-0.1, -0.05) is 18.2 Å². The van der Waals surface area contributed by atoms with Gasteiger partial charge in [0.1, 0.15) is 23.8 Å². The molecule has 1 aliphatic heterocycles. The molecular formula is C28H37N3O5. The molecule has 1 saturated heterocycles. The van der Waals surface area contributed by atoms with Crippen LogP contribution in [0.2, 0.25) is 0 Å². The Balaban J connectivity index is 1.32. The Morgan fingerprint density at radius 1 is 1.11 bits per heavy atom. The Morgan fingerprint density at radius 2 is 2.00 bits per heavy atom. The van der Waals surface area contributed by atoms with Gasteiger partial charge in [0.25, 0.3) is 0 Å². The molecule has 8 nitrogen and oxygen atoms in total. The fourth-order valence-corrected chi connectivity index (χ4v) is 4.39. The Kier molecular flexibility index (Phi) is 8.85. The van der Waals surface area contributed by atoms with E-state index in [1.54, 1.807) is 7.11 Å². The molecule has 1 aromatic heterocycles. The molecule has 0 spiro atoms. The highest BCUT2D eigenvalue weighted by atomic mass is 16.5. The smallest absolute Gasteiger partial charge is 0.161 e. The number of aromatic nitrogens is 2. The van der Waals surface area contributed by atoms with Crippen LogP contribution in [0.4, 0.5) is 0 Å². The molecule has 4 rings (SSSR count). The molecule has 0 aliphatic carbocycles. The summed E-state index contributed by atoms with van der Waals surface area (Å²) in [5.74, 6) is 3.19. The second-order valence-electron chi connectivity index (χ2n) is 9.45. The van der Waals surface area contributed by atoms with Crippen molar-refractivity contribution in [2.75, 3.05) is 46.6 Å². The van der Waals surface area contributed by atoms with Gasteiger partial charge in [0.05, 0.1) is 26.9 Å². The lowest BCUT2D eigenvalue weighted by Gasteiger charge is -2.30. The van der Waals surface area contributed by atoms with Crippen molar-refractivity contribution < 1.29 is 24.1 Å². The topological polar surface area (TPSA) is 78.2 Å². The fourth-order valence-electron chi connectivity index (χ4n) is 4.39. The lowest BCUT2D eigenvalue weighted by Crippen LogP contribution is -2.48. The van der Waals surface area contributed by atoms with Crippen molar-refractivity contribution in [3.8, 4) is 17.2 Å². The predicted molar refractivity (Wildman–Crippen MR) is 138 cm³/mol. The molecule has 3 aromatic rings. The molecule has 8 heteroatoms. The maximum Gasteiger partial charge on any atom is 0.161 e. The van der Waals surface area contributed by atoms with Gasteiger partial charge >= 0.3 is 0 Å². The molecule has 0 amide bonds. The van der Waals surface area contributed by atoms with Crippen molar-refractivity contribution in [1.82, 2.24) is 14.5 Å². The molecule has 0 bridgehead atoms. The van der Waals surface area contributed by atoms with Gasteiger partial charge < -0.3 is 28.6 Å². The first-order valence-electron chi connectivity index (χ1n) is 12.4. The number of hydrogen-bond donors (Lipinski definition) is 1. The molecule has 0 saturated carbocycles. The minimum absolute atomic E-state index is 0.168. The lowest BCUT2D eigenvalue weighted by molar-refractivity contribution is -0.0646. The number of rotatable bonds is 11. The summed E-state index contributed by atoms with van der Waals surface area (Å²) in [5.41, 5.74) is 1.10. The fraction of sp³-hybridized carbons (Fsp3) is 0.464. The summed E-state index contributed by atoms with van der Waals surface area (Å²) in [4.78, 5) is 6.44. The van der Waals surface area contributed by atoms with Crippen LogP contribution in [0.3, 0.4) is 0 Å². The van der Waals surface area contributed by atoms with Crippen molar-refractivity contribution in [2.45, 2.75) is 39.0 Å². The van der Waals surface area contributed by atoms with E-state index in [9.17, 15) is 5.11 Å². The third kappa shape index (κ3) is 7.22.